The van der Waals surface area contributed by atoms with E-state index in [1.54, 1.807) is 6.20 Å². The second-order valence-electron chi connectivity index (χ2n) is 9.88. The Morgan fingerprint density at radius 1 is 1.12 bits per heavy atom. The highest BCUT2D eigenvalue weighted by molar-refractivity contribution is 7.13. The summed E-state index contributed by atoms with van der Waals surface area (Å²) in [5, 5.41) is 4.18. The molecule has 0 unspecified atom stereocenters. The fourth-order valence-electron chi connectivity index (χ4n) is 5.60. The van der Waals surface area contributed by atoms with Gasteiger partial charge in [-0.2, -0.15) is 4.37 Å². The van der Waals surface area contributed by atoms with Crippen LogP contribution in [0.15, 0.2) is 17.8 Å². The summed E-state index contributed by atoms with van der Waals surface area (Å²) in [5.74, 6) is 0.287. The van der Waals surface area contributed by atoms with Gasteiger partial charge in [0.15, 0.2) is 0 Å². The molecule has 2 aliphatic heterocycles. The number of piperidine rings is 1. The van der Waals surface area contributed by atoms with E-state index >= 15 is 0 Å². The molecule has 2 amide bonds. The maximum Gasteiger partial charge on any atom is 0.257 e. The lowest BCUT2D eigenvalue weighted by Gasteiger charge is -2.35. The predicted molar refractivity (Wildman–Crippen MR) is 136 cm³/mol. The number of nitrogens with zero attached hydrogens (tertiary/aromatic N) is 4. The molecule has 2 aromatic heterocycles. The Bertz CT molecular complexity index is 1080. The molecule has 1 N–H and O–H groups in total. The average Bonchev–Trinajstić information content (AvgIpc) is 3.54. The first-order valence-electron chi connectivity index (χ1n) is 12.9. The first-order valence-corrected chi connectivity index (χ1v) is 13.6. The summed E-state index contributed by atoms with van der Waals surface area (Å²) in [5.41, 5.74) is 4.08. The third-order valence-corrected chi connectivity index (χ3v) is 8.43. The van der Waals surface area contributed by atoms with E-state index in [4.69, 9.17) is 0 Å². The number of hydrogen-bond acceptors (Lipinski definition) is 6. The van der Waals surface area contributed by atoms with E-state index in [0.717, 1.165) is 86.4 Å². The number of pyridine rings is 1. The van der Waals surface area contributed by atoms with Gasteiger partial charge in [0.2, 0.25) is 5.91 Å². The second-order valence-corrected chi connectivity index (χ2v) is 10.6. The standard InChI is InChI=1S/C26H35N5O2S/c1-18-22-23(21(17-28-25(22)34-29-18)26(33)31-13-5-6-14-31)30-15-10-20(11-16-30)24(32)27-12-9-19-7-3-2-4-8-19/h7,17,20H,2-6,8-16H2,1H3,(H,27,32). The van der Waals surface area contributed by atoms with Crippen LogP contribution < -0.4 is 10.2 Å². The molecule has 1 aliphatic carbocycles. The Labute approximate surface area is 205 Å². The highest BCUT2D eigenvalue weighted by atomic mass is 32.1. The van der Waals surface area contributed by atoms with Gasteiger partial charge in [-0.15, -0.1) is 0 Å². The Morgan fingerprint density at radius 2 is 1.91 bits per heavy atom. The van der Waals surface area contributed by atoms with Crippen LogP contribution in [-0.2, 0) is 4.79 Å². The SMILES string of the molecule is Cc1nsc2ncc(C(=O)N3CCCC3)c(N3CCC(C(=O)NCCC4=CCCCC4)CC3)c12. The number of nitrogens with one attached hydrogen (secondary N) is 1. The number of allylic oxidation sites excluding steroid dienone is 1. The largest absolute Gasteiger partial charge is 0.370 e. The van der Waals surface area contributed by atoms with E-state index in [0.29, 0.717) is 5.56 Å². The van der Waals surface area contributed by atoms with Gasteiger partial charge in [-0.25, -0.2) is 4.98 Å². The van der Waals surface area contributed by atoms with Crippen molar-refractivity contribution in [2.75, 3.05) is 37.6 Å². The molecule has 4 heterocycles. The quantitative estimate of drug-likeness (QED) is 0.617. The summed E-state index contributed by atoms with van der Waals surface area (Å²) in [7, 11) is 0. The molecule has 0 radical (unpaired) electrons. The molecular formula is C26H35N5O2S. The van der Waals surface area contributed by atoms with Gasteiger partial charge in [0.25, 0.3) is 5.91 Å². The minimum atomic E-state index is 0.0355. The Balaban J connectivity index is 1.27. The van der Waals surface area contributed by atoms with Crippen molar-refractivity contribution in [3.63, 3.8) is 0 Å². The van der Waals surface area contributed by atoms with E-state index in [-0.39, 0.29) is 17.7 Å². The molecule has 0 spiro atoms. The molecule has 0 atom stereocenters. The second kappa shape index (κ2) is 10.4. The third-order valence-electron chi connectivity index (χ3n) is 7.58. The lowest BCUT2D eigenvalue weighted by molar-refractivity contribution is -0.125. The van der Waals surface area contributed by atoms with E-state index in [2.05, 4.69) is 25.7 Å². The maximum atomic E-state index is 13.4. The normalized spacial score (nSPS) is 19.5. The van der Waals surface area contributed by atoms with Crippen molar-refractivity contribution in [1.29, 1.82) is 0 Å². The third kappa shape index (κ3) is 4.83. The van der Waals surface area contributed by atoms with Gasteiger partial charge in [0.05, 0.1) is 22.3 Å². The Hall–Kier alpha value is -2.48. The summed E-state index contributed by atoms with van der Waals surface area (Å²) >= 11 is 1.39. The minimum Gasteiger partial charge on any atom is -0.370 e. The van der Waals surface area contributed by atoms with Crippen molar-refractivity contribution in [3.8, 4) is 0 Å². The fourth-order valence-corrected chi connectivity index (χ4v) is 6.35. The summed E-state index contributed by atoms with van der Waals surface area (Å²) in [6, 6.07) is 0. The first kappa shape index (κ1) is 23.3. The van der Waals surface area contributed by atoms with Crippen molar-refractivity contribution in [2.45, 2.75) is 64.7 Å². The van der Waals surface area contributed by atoms with E-state index in [1.807, 2.05) is 11.8 Å². The molecule has 2 fully saturated rings. The van der Waals surface area contributed by atoms with Gasteiger partial charge >= 0.3 is 0 Å². The number of anilines is 1. The summed E-state index contributed by atoms with van der Waals surface area (Å²) < 4.78 is 4.52. The van der Waals surface area contributed by atoms with Crippen LogP contribution in [0.25, 0.3) is 10.2 Å². The van der Waals surface area contributed by atoms with Crippen LogP contribution in [0, 0.1) is 12.8 Å². The van der Waals surface area contributed by atoms with Crippen molar-refractivity contribution >= 4 is 39.3 Å². The number of amides is 2. The maximum absolute atomic E-state index is 13.4. The van der Waals surface area contributed by atoms with Crippen LogP contribution >= 0.6 is 11.5 Å². The van der Waals surface area contributed by atoms with Crippen LogP contribution in [-0.4, -0.2) is 58.8 Å². The van der Waals surface area contributed by atoms with Gasteiger partial charge in [0.1, 0.15) is 4.83 Å². The number of rotatable bonds is 6. The number of hydrogen-bond donors (Lipinski definition) is 1. The Morgan fingerprint density at radius 3 is 2.65 bits per heavy atom. The molecule has 5 rings (SSSR count). The van der Waals surface area contributed by atoms with Crippen LogP contribution in [0.3, 0.4) is 0 Å². The topological polar surface area (TPSA) is 78.4 Å². The number of fused-ring (bicyclic) bond motifs is 1. The number of carbonyl (C=O) groups excluding carboxylic acids is 2. The lowest BCUT2D eigenvalue weighted by Crippen LogP contribution is -2.41. The van der Waals surface area contributed by atoms with E-state index in [9.17, 15) is 9.59 Å². The molecule has 8 heteroatoms. The zero-order chi connectivity index (χ0) is 23.5. The smallest absolute Gasteiger partial charge is 0.257 e. The molecule has 34 heavy (non-hydrogen) atoms. The van der Waals surface area contributed by atoms with Crippen molar-refractivity contribution in [2.24, 2.45) is 5.92 Å². The zero-order valence-electron chi connectivity index (χ0n) is 20.1. The molecular weight excluding hydrogens is 446 g/mol. The predicted octanol–water partition coefficient (Wildman–Crippen LogP) is 4.46. The average molecular weight is 482 g/mol. The highest BCUT2D eigenvalue weighted by Crippen LogP contribution is 2.37. The van der Waals surface area contributed by atoms with Gasteiger partial charge in [-0.1, -0.05) is 11.6 Å². The molecule has 2 aromatic rings. The number of aromatic nitrogens is 2. The molecule has 3 aliphatic rings. The molecule has 0 bridgehead atoms. The fraction of sp³-hybridized carbons (Fsp3) is 0.615. The van der Waals surface area contributed by atoms with Crippen molar-refractivity contribution in [3.05, 3.63) is 29.1 Å². The lowest BCUT2D eigenvalue weighted by atomic mass is 9.94. The summed E-state index contributed by atoms with van der Waals surface area (Å²) in [6.07, 6.45) is 13.7. The van der Waals surface area contributed by atoms with Crippen LogP contribution in [0.2, 0.25) is 0 Å². The zero-order valence-corrected chi connectivity index (χ0v) is 21.0. The van der Waals surface area contributed by atoms with Crippen molar-refractivity contribution in [1.82, 2.24) is 19.6 Å². The van der Waals surface area contributed by atoms with Crippen LogP contribution in [0.5, 0.6) is 0 Å². The van der Waals surface area contributed by atoms with Crippen LogP contribution in [0.1, 0.15) is 73.8 Å². The van der Waals surface area contributed by atoms with Gasteiger partial charge < -0.3 is 15.1 Å². The number of aryl methyl sites for hydroxylation is 1. The summed E-state index contributed by atoms with van der Waals surface area (Å²) in [6.45, 7) is 5.89. The Kier molecular flexibility index (Phi) is 7.13. The van der Waals surface area contributed by atoms with E-state index < -0.39 is 0 Å². The minimum absolute atomic E-state index is 0.0355. The molecule has 182 valence electrons. The summed E-state index contributed by atoms with van der Waals surface area (Å²) in [4.78, 5) is 35.9. The van der Waals surface area contributed by atoms with Gasteiger partial charge in [-0.05, 0) is 76.2 Å². The highest BCUT2D eigenvalue weighted by Gasteiger charge is 2.31. The molecule has 2 saturated heterocycles. The molecule has 7 nitrogen and oxygen atoms in total. The van der Waals surface area contributed by atoms with E-state index in [1.165, 1.54) is 42.8 Å². The first-order chi connectivity index (χ1) is 16.6. The van der Waals surface area contributed by atoms with Crippen molar-refractivity contribution < 1.29 is 9.59 Å². The van der Waals surface area contributed by atoms with Gasteiger partial charge in [-0.3, -0.25) is 9.59 Å². The molecule has 0 aromatic carbocycles. The monoisotopic (exact) mass is 481 g/mol. The molecule has 0 saturated carbocycles. The number of likely N-dealkylation sites (tertiary alicyclic amines) is 1. The van der Waals surface area contributed by atoms with Crippen LogP contribution in [0.4, 0.5) is 5.69 Å². The van der Waals surface area contributed by atoms with Gasteiger partial charge in [0, 0.05) is 44.8 Å². The number of carbonyl (C=O) groups is 2.